The van der Waals surface area contributed by atoms with Crippen LogP contribution in [0.15, 0.2) is 40.9 Å². The summed E-state index contributed by atoms with van der Waals surface area (Å²) in [5.41, 5.74) is 1.98. The molecule has 21 heavy (non-hydrogen) atoms. The molecule has 1 nitrogen and oxygen atoms in total. The van der Waals surface area contributed by atoms with Crippen molar-refractivity contribution in [1.29, 1.82) is 0 Å². The lowest BCUT2D eigenvalue weighted by Crippen LogP contribution is -2.23. The summed E-state index contributed by atoms with van der Waals surface area (Å²) >= 11 is 22.4. The highest BCUT2D eigenvalue weighted by atomic mass is 79.9. The first-order valence-corrected chi connectivity index (χ1v) is 8.56. The van der Waals surface area contributed by atoms with Gasteiger partial charge in [-0.3, -0.25) is 0 Å². The molecule has 0 saturated heterocycles. The molecule has 0 spiro atoms. The summed E-state index contributed by atoms with van der Waals surface area (Å²) in [6.45, 7) is 2.88. The topological polar surface area (TPSA) is 12.0 Å². The van der Waals surface area contributed by atoms with Crippen molar-refractivity contribution in [2.24, 2.45) is 0 Å². The van der Waals surface area contributed by atoms with Crippen LogP contribution in [-0.4, -0.2) is 6.54 Å². The summed E-state index contributed by atoms with van der Waals surface area (Å²) in [5.74, 6) is 0. The van der Waals surface area contributed by atoms with Gasteiger partial charge >= 0.3 is 0 Å². The predicted molar refractivity (Wildman–Crippen MR) is 95.7 cm³/mol. The van der Waals surface area contributed by atoms with E-state index in [0.717, 1.165) is 33.6 Å². The van der Waals surface area contributed by atoms with Gasteiger partial charge in [0.05, 0.1) is 0 Å². The van der Waals surface area contributed by atoms with E-state index >= 15 is 0 Å². The highest BCUT2D eigenvalue weighted by Crippen LogP contribution is 2.34. The molecule has 5 heteroatoms. The number of rotatable bonds is 5. The monoisotopic (exact) mass is 405 g/mol. The fraction of sp³-hybridized carbons (Fsp3) is 0.250. The molecule has 0 bridgehead atoms. The average molecular weight is 408 g/mol. The number of hydrogen-bond donors (Lipinski definition) is 1. The Morgan fingerprint density at radius 3 is 2.29 bits per heavy atom. The van der Waals surface area contributed by atoms with E-state index in [9.17, 15) is 0 Å². The van der Waals surface area contributed by atoms with Crippen molar-refractivity contribution in [2.45, 2.75) is 19.4 Å². The first kappa shape index (κ1) is 17.1. The predicted octanol–water partition coefficient (Wildman–Crippen LogP) is 6.30. The summed E-state index contributed by atoms with van der Waals surface area (Å²) in [6.07, 6.45) is 0.726. The van der Waals surface area contributed by atoms with Crippen molar-refractivity contribution >= 4 is 50.7 Å². The van der Waals surface area contributed by atoms with Crippen molar-refractivity contribution < 1.29 is 0 Å². The number of nitrogens with one attached hydrogen (secondary N) is 1. The number of likely N-dealkylation sites (N-methyl/N-ethyl adjacent to an activating group) is 1. The second kappa shape index (κ2) is 7.85. The fourth-order valence-electron chi connectivity index (χ4n) is 2.27. The Labute approximate surface area is 148 Å². The zero-order chi connectivity index (χ0) is 15.4. The molecule has 0 fully saturated rings. The van der Waals surface area contributed by atoms with Crippen LogP contribution in [0, 0.1) is 0 Å². The Bertz CT molecular complexity index is 611. The second-order valence-corrected chi connectivity index (χ2v) is 6.82. The Morgan fingerprint density at radius 1 is 1.05 bits per heavy atom. The molecule has 0 aliphatic rings. The summed E-state index contributed by atoms with van der Waals surface area (Å²) in [6, 6.07) is 11.5. The first-order chi connectivity index (χ1) is 10.0. The minimum Gasteiger partial charge on any atom is -0.310 e. The van der Waals surface area contributed by atoms with Gasteiger partial charge in [0.15, 0.2) is 0 Å². The third-order valence-corrected chi connectivity index (χ3v) is 4.74. The molecule has 0 aliphatic heterocycles. The van der Waals surface area contributed by atoms with E-state index in [0.29, 0.717) is 10.0 Å². The van der Waals surface area contributed by atoms with Gasteiger partial charge in [0.2, 0.25) is 0 Å². The zero-order valence-corrected chi connectivity index (χ0v) is 15.3. The van der Waals surface area contributed by atoms with Crippen LogP contribution in [0.4, 0.5) is 0 Å². The number of hydrogen-bond acceptors (Lipinski definition) is 1. The Balaban J connectivity index is 2.35. The molecular formula is C16H15BrCl3N. The van der Waals surface area contributed by atoms with Gasteiger partial charge in [-0.05, 0) is 42.8 Å². The maximum absolute atomic E-state index is 6.33. The molecule has 0 saturated carbocycles. The normalized spacial score (nSPS) is 12.4. The highest BCUT2D eigenvalue weighted by Gasteiger charge is 2.18. The van der Waals surface area contributed by atoms with Gasteiger partial charge in [0.1, 0.15) is 0 Å². The van der Waals surface area contributed by atoms with Crippen LogP contribution in [0.3, 0.4) is 0 Å². The summed E-state index contributed by atoms with van der Waals surface area (Å²) in [7, 11) is 0. The Hall–Kier alpha value is -0.250. The van der Waals surface area contributed by atoms with Crippen molar-refractivity contribution in [3.05, 3.63) is 67.1 Å². The quantitative estimate of drug-likeness (QED) is 0.613. The van der Waals surface area contributed by atoms with E-state index < -0.39 is 0 Å². The highest BCUT2D eigenvalue weighted by molar-refractivity contribution is 9.10. The van der Waals surface area contributed by atoms with E-state index in [-0.39, 0.29) is 6.04 Å². The molecule has 1 atom stereocenters. The molecule has 0 amide bonds. The van der Waals surface area contributed by atoms with E-state index in [4.69, 9.17) is 34.8 Å². The SMILES string of the molecule is CCNC(Cc1ccc(Br)cc1Cl)c1c(Cl)cccc1Cl. The van der Waals surface area contributed by atoms with E-state index in [2.05, 4.69) is 28.2 Å². The third kappa shape index (κ3) is 4.37. The summed E-state index contributed by atoms with van der Waals surface area (Å²) in [4.78, 5) is 0. The molecule has 0 radical (unpaired) electrons. The lowest BCUT2D eigenvalue weighted by Gasteiger charge is -2.21. The van der Waals surface area contributed by atoms with Crippen LogP contribution >= 0.6 is 50.7 Å². The van der Waals surface area contributed by atoms with Gasteiger partial charge in [-0.2, -0.15) is 0 Å². The van der Waals surface area contributed by atoms with Crippen LogP contribution in [0.5, 0.6) is 0 Å². The summed E-state index contributed by atoms with van der Waals surface area (Å²) in [5, 5.41) is 5.50. The number of halogens is 4. The van der Waals surface area contributed by atoms with Crippen LogP contribution in [0.2, 0.25) is 15.1 Å². The molecule has 2 aromatic carbocycles. The van der Waals surface area contributed by atoms with E-state index in [1.54, 1.807) is 0 Å². The standard InChI is InChI=1S/C16H15BrCl3N/c1-2-21-15(16-12(18)4-3-5-13(16)19)8-10-6-7-11(17)9-14(10)20/h3-7,9,15,21H,2,8H2,1H3. The van der Waals surface area contributed by atoms with Crippen LogP contribution in [0.1, 0.15) is 24.1 Å². The molecular weight excluding hydrogens is 392 g/mol. The van der Waals surface area contributed by atoms with Crippen molar-refractivity contribution in [2.75, 3.05) is 6.54 Å². The zero-order valence-electron chi connectivity index (χ0n) is 11.5. The molecule has 0 heterocycles. The maximum atomic E-state index is 6.33. The average Bonchev–Trinajstić information content (AvgIpc) is 2.41. The van der Waals surface area contributed by atoms with Crippen LogP contribution in [-0.2, 0) is 6.42 Å². The van der Waals surface area contributed by atoms with Crippen LogP contribution < -0.4 is 5.32 Å². The smallest absolute Gasteiger partial charge is 0.0468 e. The summed E-state index contributed by atoms with van der Waals surface area (Å²) < 4.78 is 0.965. The number of benzene rings is 2. The third-order valence-electron chi connectivity index (χ3n) is 3.24. The van der Waals surface area contributed by atoms with Gasteiger partial charge < -0.3 is 5.32 Å². The van der Waals surface area contributed by atoms with Gasteiger partial charge in [0.25, 0.3) is 0 Å². The van der Waals surface area contributed by atoms with Gasteiger partial charge in [-0.15, -0.1) is 0 Å². The van der Waals surface area contributed by atoms with Crippen molar-refractivity contribution in [3.63, 3.8) is 0 Å². The first-order valence-electron chi connectivity index (χ1n) is 6.64. The van der Waals surface area contributed by atoms with Gasteiger partial charge in [-0.1, -0.05) is 69.8 Å². The minimum absolute atomic E-state index is 0.0230. The van der Waals surface area contributed by atoms with E-state index in [1.807, 2.05) is 36.4 Å². The fourth-order valence-corrected chi connectivity index (χ4v) is 3.68. The molecule has 0 aliphatic carbocycles. The Morgan fingerprint density at radius 2 is 1.71 bits per heavy atom. The lowest BCUT2D eigenvalue weighted by molar-refractivity contribution is 0.550. The van der Waals surface area contributed by atoms with Crippen LogP contribution in [0.25, 0.3) is 0 Å². The molecule has 112 valence electrons. The van der Waals surface area contributed by atoms with Crippen molar-refractivity contribution in [1.82, 2.24) is 5.32 Å². The lowest BCUT2D eigenvalue weighted by atomic mass is 9.98. The van der Waals surface area contributed by atoms with E-state index in [1.165, 1.54) is 0 Å². The second-order valence-electron chi connectivity index (χ2n) is 4.69. The molecule has 0 aromatic heterocycles. The molecule has 2 aromatic rings. The molecule has 1 N–H and O–H groups in total. The maximum Gasteiger partial charge on any atom is 0.0468 e. The van der Waals surface area contributed by atoms with Gasteiger partial charge in [0, 0.05) is 31.1 Å². The van der Waals surface area contributed by atoms with Gasteiger partial charge in [-0.25, -0.2) is 0 Å². The Kier molecular flexibility index (Phi) is 6.39. The molecule has 1 unspecified atom stereocenters. The minimum atomic E-state index is 0.0230. The van der Waals surface area contributed by atoms with Crippen molar-refractivity contribution in [3.8, 4) is 0 Å². The molecule has 2 rings (SSSR count). The largest absolute Gasteiger partial charge is 0.310 e.